The molecule has 0 saturated carbocycles. The highest BCUT2D eigenvalue weighted by Crippen LogP contribution is 2.16. The monoisotopic (exact) mass is 187 g/mol. The second-order valence-corrected chi connectivity index (χ2v) is 4.63. The van der Waals surface area contributed by atoms with Crippen molar-refractivity contribution in [1.29, 1.82) is 0 Å². The van der Waals surface area contributed by atoms with Gasteiger partial charge in [0.1, 0.15) is 5.41 Å². The Balaban J connectivity index is 4.53. The highest BCUT2D eigenvalue weighted by atomic mass is 16.4. The number of rotatable bonds is 2. The Hall–Kier alpha value is -1.06. The third-order valence-electron chi connectivity index (χ3n) is 1.59. The summed E-state index contributed by atoms with van der Waals surface area (Å²) in [5.74, 6) is -1.58. The first-order chi connectivity index (χ1) is 5.57. The molecule has 0 aliphatic heterocycles. The van der Waals surface area contributed by atoms with Gasteiger partial charge in [-0.15, -0.1) is 0 Å². The van der Waals surface area contributed by atoms with Crippen molar-refractivity contribution in [3.8, 4) is 0 Å². The lowest BCUT2D eigenvalue weighted by Crippen LogP contribution is -2.49. The molecule has 0 unspecified atom stereocenters. The van der Waals surface area contributed by atoms with E-state index in [0.29, 0.717) is 0 Å². The molecule has 4 heteroatoms. The Kier molecular flexibility index (Phi) is 3.08. The summed E-state index contributed by atoms with van der Waals surface area (Å²) >= 11 is 0. The molecule has 1 amide bonds. The van der Waals surface area contributed by atoms with Crippen LogP contribution in [0.2, 0.25) is 0 Å². The van der Waals surface area contributed by atoms with E-state index in [1.807, 2.05) is 20.8 Å². The predicted octanol–water partition coefficient (Wildman–Crippen LogP) is 1.01. The van der Waals surface area contributed by atoms with Crippen LogP contribution in [0, 0.1) is 5.41 Å². The number of carbonyl (C=O) groups is 2. The summed E-state index contributed by atoms with van der Waals surface area (Å²) in [6.45, 7) is 8.20. The van der Waals surface area contributed by atoms with Gasteiger partial charge >= 0.3 is 5.97 Å². The third kappa shape index (κ3) is 3.44. The molecule has 2 N–H and O–H groups in total. The fraction of sp³-hybridized carbons (Fsp3) is 0.778. The van der Waals surface area contributed by atoms with Crippen molar-refractivity contribution in [3.05, 3.63) is 0 Å². The average Bonchev–Trinajstić information content (AvgIpc) is 1.82. The van der Waals surface area contributed by atoms with Crippen LogP contribution in [0.25, 0.3) is 0 Å². The highest BCUT2D eigenvalue weighted by Gasteiger charge is 2.37. The zero-order valence-electron chi connectivity index (χ0n) is 8.76. The van der Waals surface area contributed by atoms with Crippen LogP contribution < -0.4 is 5.32 Å². The molecule has 0 fully saturated rings. The Morgan fingerprint density at radius 2 is 1.46 bits per heavy atom. The summed E-state index contributed by atoms with van der Waals surface area (Å²) in [5, 5.41) is 11.4. The van der Waals surface area contributed by atoms with Crippen LogP contribution in [0.3, 0.4) is 0 Å². The van der Waals surface area contributed by atoms with Crippen molar-refractivity contribution in [3.63, 3.8) is 0 Å². The molecule has 0 saturated heterocycles. The van der Waals surface area contributed by atoms with E-state index in [4.69, 9.17) is 5.11 Å². The maximum Gasteiger partial charge on any atom is 0.318 e. The molecule has 0 rings (SSSR count). The number of hydrogen-bond donors (Lipinski definition) is 2. The van der Waals surface area contributed by atoms with Gasteiger partial charge in [-0.1, -0.05) is 0 Å². The molecule has 4 nitrogen and oxygen atoms in total. The minimum absolute atomic E-state index is 0.399. The number of carbonyl (C=O) groups excluding carboxylic acids is 1. The van der Waals surface area contributed by atoms with Gasteiger partial charge < -0.3 is 10.4 Å². The lowest BCUT2D eigenvalue weighted by atomic mass is 9.91. The minimum atomic E-state index is -1.37. The highest BCUT2D eigenvalue weighted by molar-refractivity contribution is 6.01. The normalized spacial score (nSPS) is 12.4. The van der Waals surface area contributed by atoms with Gasteiger partial charge in [0, 0.05) is 5.54 Å². The Morgan fingerprint density at radius 3 is 1.69 bits per heavy atom. The number of amides is 1. The van der Waals surface area contributed by atoms with Gasteiger partial charge in [0.05, 0.1) is 0 Å². The molecule has 0 aromatic rings. The predicted molar refractivity (Wildman–Crippen MR) is 49.3 cm³/mol. The molecule has 0 atom stereocenters. The summed E-state index contributed by atoms with van der Waals surface area (Å²) in [6, 6.07) is 0. The van der Waals surface area contributed by atoms with Crippen molar-refractivity contribution in [2.45, 2.75) is 40.2 Å². The minimum Gasteiger partial charge on any atom is -0.480 e. The topological polar surface area (TPSA) is 66.4 Å². The summed E-state index contributed by atoms with van der Waals surface area (Å²) in [7, 11) is 0. The lowest BCUT2D eigenvalue weighted by Gasteiger charge is -2.26. The van der Waals surface area contributed by atoms with Crippen LogP contribution in [-0.2, 0) is 9.59 Å². The van der Waals surface area contributed by atoms with Crippen molar-refractivity contribution in [1.82, 2.24) is 5.32 Å². The first kappa shape index (κ1) is 11.9. The van der Waals surface area contributed by atoms with Crippen molar-refractivity contribution in [2.24, 2.45) is 5.41 Å². The fourth-order valence-electron chi connectivity index (χ4n) is 0.594. The second-order valence-electron chi connectivity index (χ2n) is 4.63. The average molecular weight is 187 g/mol. The van der Waals surface area contributed by atoms with Crippen molar-refractivity contribution < 1.29 is 14.7 Å². The Morgan fingerprint density at radius 1 is 1.08 bits per heavy atom. The number of aliphatic carboxylic acids is 1. The van der Waals surface area contributed by atoms with Crippen LogP contribution in [0.15, 0.2) is 0 Å². The van der Waals surface area contributed by atoms with E-state index in [9.17, 15) is 9.59 Å². The molecular formula is C9H17NO3. The summed E-state index contributed by atoms with van der Waals surface area (Å²) in [5.41, 5.74) is -1.77. The van der Waals surface area contributed by atoms with Gasteiger partial charge in [-0.2, -0.15) is 0 Å². The van der Waals surface area contributed by atoms with Gasteiger partial charge in [0.25, 0.3) is 0 Å². The van der Waals surface area contributed by atoms with Crippen LogP contribution >= 0.6 is 0 Å². The molecule has 0 aromatic carbocycles. The zero-order valence-corrected chi connectivity index (χ0v) is 8.76. The van der Waals surface area contributed by atoms with Gasteiger partial charge in [-0.25, -0.2) is 0 Å². The Bertz CT molecular complexity index is 226. The molecule has 0 aliphatic rings. The first-order valence-electron chi connectivity index (χ1n) is 4.13. The van der Waals surface area contributed by atoms with E-state index in [1.54, 1.807) is 0 Å². The Labute approximate surface area is 78.3 Å². The summed E-state index contributed by atoms with van der Waals surface area (Å²) < 4.78 is 0. The van der Waals surface area contributed by atoms with Crippen LogP contribution in [0.1, 0.15) is 34.6 Å². The van der Waals surface area contributed by atoms with Gasteiger partial charge in [0.15, 0.2) is 0 Å². The maximum absolute atomic E-state index is 11.4. The van der Waals surface area contributed by atoms with Crippen LogP contribution in [0.5, 0.6) is 0 Å². The third-order valence-corrected chi connectivity index (χ3v) is 1.59. The van der Waals surface area contributed by atoms with E-state index in [-0.39, 0.29) is 0 Å². The molecule has 76 valence electrons. The van der Waals surface area contributed by atoms with E-state index in [2.05, 4.69) is 5.32 Å². The summed E-state index contributed by atoms with van der Waals surface area (Å²) in [6.07, 6.45) is 0. The first-order valence-corrected chi connectivity index (χ1v) is 4.13. The number of carboxylic acid groups (broad SMARTS) is 1. The molecule has 0 heterocycles. The molecule has 0 aliphatic carbocycles. The molecule has 0 spiro atoms. The molecule has 0 bridgehead atoms. The smallest absolute Gasteiger partial charge is 0.318 e. The number of nitrogens with one attached hydrogen (secondary N) is 1. The van der Waals surface area contributed by atoms with E-state index >= 15 is 0 Å². The van der Waals surface area contributed by atoms with Crippen molar-refractivity contribution in [2.75, 3.05) is 0 Å². The second kappa shape index (κ2) is 3.36. The lowest BCUT2D eigenvalue weighted by molar-refractivity contribution is -0.153. The maximum atomic E-state index is 11.4. The molecule has 0 aromatic heterocycles. The zero-order chi connectivity index (χ0) is 10.9. The standard InChI is InChI=1S/C9H17NO3/c1-8(2,3)10-6(11)9(4,5)7(12)13/h1-5H3,(H,10,11)(H,12,13). The van der Waals surface area contributed by atoms with Gasteiger partial charge in [-0.05, 0) is 34.6 Å². The SMILES string of the molecule is CC(C)(C)NC(=O)C(C)(C)C(=O)O. The van der Waals surface area contributed by atoms with Crippen LogP contribution in [0.4, 0.5) is 0 Å². The number of carboxylic acids is 1. The molecule has 13 heavy (non-hydrogen) atoms. The molecular weight excluding hydrogens is 170 g/mol. The van der Waals surface area contributed by atoms with E-state index in [0.717, 1.165) is 0 Å². The van der Waals surface area contributed by atoms with Crippen molar-refractivity contribution >= 4 is 11.9 Å². The van der Waals surface area contributed by atoms with Gasteiger partial charge in [0.2, 0.25) is 5.91 Å². The number of hydrogen-bond acceptors (Lipinski definition) is 2. The van der Waals surface area contributed by atoms with Gasteiger partial charge in [-0.3, -0.25) is 9.59 Å². The molecule has 0 radical (unpaired) electrons. The van der Waals surface area contributed by atoms with E-state index in [1.165, 1.54) is 13.8 Å². The van der Waals surface area contributed by atoms with E-state index < -0.39 is 22.8 Å². The van der Waals surface area contributed by atoms with Crippen LogP contribution in [-0.4, -0.2) is 22.5 Å². The summed E-state index contributed by atoms with van der Waals surface area (Å²) in [4.78, 5) is 22.1. The quantitative estimate of drug-likeness (QED) is 0.634. The fourth-order valence-corrected chi connectivity index (χ4v) is 0.594. The largest absolute Gasteiger partial charge is 0.480 e.